The SMILES string of the molecule is CCOC(=O)c1c(NC(=O)Cc2ccc(Cl)cc2)sc2c1CCCCCC2. The number of fused-ring (bicyclic) bond motifs is 1. The average molecular weight is 406 g/mol. The minimum absolute atomic E-state index is 0.142. The summed E-state index contributed by atoms with van der Waals surface area (Å²) in [5.41, 5.74) is 2.51. The molecule has 3 rings (SSSR count). The van der Waals surface area contributed by atoms with Gasteiger partial charge in [-0.1, -0.05) is 36.6 Å². The molecule has 1 aromatic carbocycles. The zero-order valence-corrected chi connectivity index (χ0v) is 17.0. The molecule has 0 unspecified atom stereocenters. The molecule has 0 radical (unpaired) electrons. The van der Waals surface area contributed by atoms with Crippen molar-refractivity contribution in [2.75, 3.05) is 11.9 Å². The normalized spacial score (nSPS) is 14.0. The number of aryl methyl sites for hydroxylation is 1. The van der Waals surface area contributed by atoms with Gasteiger partial charge in [-0.25, -0.2) is 4.79 Å². The molecule has 0 bridgehead atoms. The molecule has 2 aromatic rings. The molecule has 1 aliphatic carbocycles. The van der Waals surface area contributed by atoms with Crippen LogP contribution in [0.3, 0.4) is 0 Å². The minimum Gasteiger partial charge on any atom is -0.462 e. The second kappa shape index (κ2) is 9.38. The van der Waals surface area contributed by atoms with Crippen LogP contribution >= 0.6 is 22.9 Å². The second-order valence-corrected chi connectivity index (χ2v) is 8.24. The molecule has 0 spiro atoms. The van der Waals surface area contributed by atoms with Crippen LogP contribution in [0.15, 0.2) is 24.3 Å². The number of nitrogens with one attached hydrogen (secondary N) is 1. The topological polar surface area (TPSA) is 55.4 Å². The highest BCUT2D eigenvalue weighted by molar-refractivity contribution is 7.17. The second-order valence-electron chi connectivity index (χ2n) is 6.69. The fourth-order valence-corrected chi connectivity index (χ4v) is 4.80. The fourth-order valence-electron chi connectivity index (χ4n) is 3.39. The first kappa shape index (κ1) is 19.9. The van der Waals surface area contributed by atoms with E-state index in [1.54, 1.807) is 19.1 Å². The summed E-state index contributed by atoms with van der Waals surface area (Å²) < 4.78 is 5.28. The van der Waals surface area contributed by atoms with Gasteiger partial charge in [0.2, 0.25) is 5.91 Å². The van der Waals surface area contributed by atoms with E-state index < -0.39 is 0 Å². The third-order valence-electron chi connectivity index (χ3n) is 4.68. The predicted octanol–water partition coefficient (Wildman–Crippen LogP) is 5.42. The standard InChI is InChI=1S/C21H24ClNO3S/c1-2-26-21(25)19-16-7-5-3-4-6-8-17(16)27-20(19)23-18(24)13-14-9-11-15(22)12-10-14/h9-12H,2-8,13H2,1H3,(H,23,24). The van der Waals surface area contributed by atoms with Gasteiger partial charge >= 0.3 is 5.97 Å². The van der Waals surface area contributed by atoms with E-state index in [4.69, 9.17) is 16.3 Å². The molecule has 0 saturated carbocycles. The third kappa shape index (κ3) is 5.11. The molecule has 6 heteroatoms. The number of thiophene rings is 1. The number of carbonyl (C=O) groups is 2. The van der Waals surface area contributed by atoms with Crippen molar-refractivity contribution >= 4 is 39.8 Å². The van der Waals surface area contributed by atoms with Crippen molar-refractivity contribution in [1.29, 1.82) is 0 Å². The Bertz CT molecular complexity index is 814. The molecule has 0 aliphatic heterocycles. The van der Waals surface area contributed by atoms with E-state index in [0.717, 1.165) is 36.8 Å². The summed E-state index contributed by atoms with van der Waals surface area (Å²) >= 11 is 7.42. The number of benzene rings is 1. The molecule has 1 amide bonds. The van der Waals surface area contributed by atoms with Crippen molar-refractivity contribution < 1.29 is 14.3 Å². The lowest BCUT2D eigenvalue weighted by Gasteiger charge is -2.11. The van der Waals surface area contributed by atoms with Crippen LogP contribution in [0.5, 0.6) is 0 Å². The highest BCUT2D eigenvalue weighted by atomic mass is 35.5. The number of anilines is 1. The molecule has 1 aromatic heterocycles. The van der Waals surface area contributed by atoms with E-state index in [9.17, 15) is 9.59 Å². The summed E-state index contributed by atoms with van der Waals surface area (Å²) in [5, 5.41) is 4.22. The van der Waals surface area contributed by atoms with Crippen LogP contribution in [0.2, 0.25) is 5.02 Å². The summed E-state index contributed by atoms with van der Waals surface area (Å²) in [6.07, 6.45) is 6.64. The maximum atomic E-state index is 12.6. The highest BCUT2D eigenvalue weighted by Crippen LogP contribution is 2.37. The van der Waals surface area contributed by atoms with Crippen LogP contribution in [0.4, 0.5) is 5.00 Å². The number of hydrogen-bond acceptors (Lipinski definition) is 4. The molecule has 1 N–H and O–H groups in total. The van der Waals surface area contributed by atoms with E-state index in [1.807, 2.05) is 12.1 Å². The van der Waals surface area contributed by atoms with Crippen molar-refractivity contribution in [2.45, 2.75) is 51.9 Å². The molecule has 4 nitrogen and oxygen atoms in total. The number of ether oxygens (including phenoxy) is 1. The zero-order valence-electron chi connectivity index (χ0n) is 15.5. The maximum Gasteiger partial charge on any atom is 0.341 e. The largest absolute Gasteiger partial charge is 0.462 e. The lowest BCUT2D eigenvalue weighted by atomic mass is 9.96. The van der Waals surface area contributed by atoms with Crippen LogP contribution < -0.4 is 5.32 Å². The maximum absolute atomic E-state index is 12.6. The van der Waals surface area contributed by atoms with E-state index in [0.29, 0.717) is 22.2 Å². The third-order valence-corrected chi connectivity index (χ3v) is 6.14. The molecule has 1 aliphatic rings. The molecule has 144 valence electrons. The van der Waals surface area contributed by atoms with Gasteiger partial charge < -0.3 is 10.1 Å². The number of rotatable bonds is 5. The van der Waals surface area contributed by atoms with Crippen molar-refractivity contribution in [3.63, 3.8) is 0 Å². The van der Waals surface area contributed by atoms with E-state index in [-0.39, 0.29) is 18.3 Å². The van der Waals surface area contributed by atoms with Crippen LogP contribution in [0.25, 0.3) is 0 Å². The Morgan fingerprint density at radius 2 is 1.81 bits per heavy atom. The van der Waals surface area contributed by atoms with Gasteiger partial charge in [0.25, 0.3) is 0 Å². The Kier molecular flexibility index (Phi) is 6.91. The lowest BCUT2D eigenvalue weighted by Crippen LogP contribution is -2.17. The number of amides is 1. The van der Waals surface area contributed by atoms with E-state index >= 15 is 0 Å². The smallest absolute Gasteiger partial charge is 0.341 e. The Labute approximate surface area is 168 Å². The summed E-state index contributed by atoms with van der Waals surface area (Å²) in [7, 11) is 0. The van der Waals surface area contributed by atoms with Gasteiger partial charge in [-0.05, 0) is 55.9 Å². The zero-order chi connectivity index (χ0) is 19.2. The summed E-state index contributed by atoms with van der Waals surface area (Å²) in [4.78, 5) is 26.4. The number of esters is 1. The molecule has 27 heavy (non-hydrogen) atoms. The van der Waals surface area contributed by atoms with Crippen LogP contribution in [-0.2, 0) is 28.8 Å². The number of carbonyl (C=O) groups excluding carboxylic acids is 2. The number of halogens is 1. The lowest BCUT2D eigenvalue weighted by molar-refractivity contribution is -0.115. The van der Waals surface area contributed by atoms with Crippen LogP contribution in [0, 0.1) is 0 Å². The summed E-state index contributed by atoms with van der Waals surface area (Å²) in [6.45, 7) is 2.12. The van der Waals surface area contributed by atoms with E-state index in [2.05, 4.69) is 5.32 Å². The van der Waals surface area contributed by atoms with Gasteiger partial charge in [0.05, 0.1) is 18.6 Å². The summed E-state index contributed by atoms with van der Waals surface area (Å²) in [5.74, 6) is -0.477. The first-order chi connectivity index (χ1) is 13.1. The van der Waals surface area contributed by atoms with Gasteiger partial charge in [-0.2, -0.15) is 0 Å². The Morgan fingerprint density at radius 3 is 2.52 bits per heavy atom. The van der Waals surface area contributed by atoms with Crippen molar-refractivity contribution in [3.05, 3.63) is 50.9 Å². The first-order valence-electron chi connectivity index (χ1n) is 9.44. The average Bonchev–Trinajstić information content (AvgIpc) is 2.93. The van der Waals surface area contributed by atoms with Crippen molar-refractivity contribution in [2.24, 2.45) is 0 Å². The molecular weight excluding hydrogens is 382 g/mol. The molecule has 1 heterocycles. The van der Waals surface area contributed by atoms with Crippen LogP contribution in [0.1, 0.15) is 59.0 Å². The predicted molar refractivity (Wildman–Crippen MR) is 110 cm³/mol. The molecule has 0 fully saturated rings. The fraction of sp³-hybridized carbons (Fsp3) is 0.429. The van der Waals surface area contributed by atoms with Crippen LogP contribution in [-0.4, -0.2) is 18.5 Å². The Morgan fingerprint density at radius 1 is 1.11 bits per heavy atom. The molecule has 0 atom stereocenters. The van der Waals surface area contributed by atoms with Gasteiger partial charge in [0, 0.05) is 9.90 Å². The summed E-state index contributed by atoms with van der Waals surface area (Å²) in [6, 6.07) is 7.21. The van der Waals surface area contributed by atoms with Crippen molar-refractivity contribution in [1.82, 2.24) is 0 Å². The Hall–Kier alpha value is -1.85. The van der Waals surface area contributed by atoms with Gasteiger partial charge in [0.15, 0.2) is 0 Å². The molecule has 0 saturated heterocycles. The van der Waals surface area contributed by atoms with Gasteiger partial charge in [-0.3, -0.25) is 4.79 Å². The Balaban J connectivity index is 1.84. The number of hydrogen-bond donors (Lipinski definition) is 1. The highest BCUT2D eigenvalue weighted by Gasteiger charge is 2.26. The van der Waals surface area contributed by atoms with E-state index in [1.165, 1.54) is 29.1 Å². The van der Waals surface area contributed by atoms with Crippen molar-refractivity contribution in [3.8, 4) is 0 Å². The minimum atomic E-state index is -0.336. The van der Waals surface area contributed by atoms with Gasteiger partial charge in [0.1, 0.15) is 5.00 Å². The van der Waals surface area contributed by atoms with Gasteiger partial charge in [-0.15, -0.1) is 11.3 Å². The quantitative estimate of drug-likeness (QED) is 0.676. The first-order valence-corrected chi connectivity index (χ1v) is 10.6. The monoisotopic (exact) mass is 405 g/mol. The molecular formula is C21H24ClNO3S.